The molecule has 0 atom stereocenters. The van der Waals surface area contributed by atoms with Gasteiger partial charge >= 0.3 is 6.03 Å². The SMILES string of the molecule is Cl.O=C(NCCCN1CCNCC1)c1cc(N2CCNC2=O)ccc1Cl. The summed E-state index contributed by atoms with van der Waals surface area (Å²) in [5.74, 6) is -0.202. The fourth-order valence-electron chi connectivity index (χ4n) is 3.11. The van der Waals surface area contributed by atoms with Crippen molar-refractivity contribution in [3.05, 3.63) is 28.8 Å². The predicted octanol–water partition coefficient (Wildman–Crippen LogP) is 1.32. The lowest BCUT2D eigenvalue weighted by Gasteiger charge is -2.27. The van der Waals surface area contributed by atoms with Crippen molar-refractivity contribution in [2.75, 3.05) is 57.3 Å². The van der Waals surface area contributed by atoms with Crippen molar-refractivity contribution >= 4 is 41.6 Å². The second kappa shape index (κ2) is 9.97. The van der Waals surface area contributed by atoms with Gasteiger partial charge in [0.1, 0.15) is 0 Å². The summed E-state index contributed by atoms with van der Waals surface area (Å²) < 4.78 is 0. The van der Waals surface area contributed by atoms with Gasteiger partial charge in [0.25, 0.3) is 5.91 Å². The minimum atomic E-state index is -0.202. The van der Waals surface area contributed by atoms with Crippen molar-refractivity contribution in [3.8, 4) is 0 Å². The van der Waals surface area contributed by atoms with Gasteiger partial charge < -0.3 is 20.9 Å². The average Bonchev–Trinajstić information content (AvgIpc) is 3.06. The van der Waals surface area contributed by atoms with Crippen LogP contribution in [0.5, 0.6) is 0 Å². The van der Waals surface area contributed by atoms with Crippen molar-refractivity contribution in [2.24, 2.45) is 0 Å². The van der Waals surface area contributed by atoms with E-state index in [1.54, 1.807) is 23.1 Å². The van der Waals surface area contributed by atoms with Gasteiger partial charge in [0.05, 0.1) is 10.6 Å². The molecule has 7 nitrogen and oxygen atoms in total. The number of halogens is 2. The predicted molar refractivity (Wildman–Crippen MR) is 106 cm³/mol. The van der Waals surface area contributed by atoms with Gasteiger partial charge in [0.2, 0.25) is 0 Å². The number of amides is 3. The summed E-state index contributed by atoms with van der Waals surface area (Å²) in [6.45, 7) is 6.94. The monoisotopic (exact) mass is 401 g/mol. The van der Waals surface area contributed by atoms with Crippen molar-refractivity contribution in [1.29, 1.82) is 0 Å². The first-order chi connectivity index (χ1) is 12.1. The largest absolute Gasteiger partial charge is 0.352 e. The third kappa shape index (κ3) is 5.23. The molecule has 2 fully saturated rings. The van der Waals surface area contributed by atoms with E-state index in [0.29, 0.717) is 35.9 Å². The van der Waals surface area contributed by atoms with Crippen LogP contribution in [0.25, 0.3) is 0 Å². The number of rotatable bonds is 6. The smallest absolute Gasteiger partial charge is 0.321 e. The molecule has 3 N–H and O–H groups in total. The summed E-state index contributed by atoms with van der Waals surface area (Å²) in [5, 5.41) is 9.39. The van der Waals surface area contributed by atoms with Crippen LogP contribution < -0.4 is 20.9 Å². The Morgan fingerprint density at radius 2 is 1.96 bits per heavy atom. The maximum atomic E-state index is 12.4. The first-order valence-electron chi connectivity index (χ1n) is 8.71. The van der Waals surface area contributed by atoms with Crippen LogP contribution in [0.15, 0.2) is 18.2 Å². The zero-order valence-electron chi connectivity index (χ0n) is 14.6. The van der Waals surface area contributed by atoms with Crippen LogP contribution >= 0.6 is 24.0 Å². The molecule has 0 aromatic heterocycles. The molecule has 0 radical (unpaired) electrons. The second-order valence-electron chi connectivity index (χ2n) is 6.25. The molecule has 0 bridgehead atoms. The lowest BCUT2D eigenvalue weighted by molar-refractivity contribution is 0.0951. The fraction of sp³-hybridized carbons (Fsp3) is 0.529. The molecule has 9 heteroatoms. The Hall–Kier alpha value is -1.54. The minimum Gasteiger partial charge on any atom is -0.352 e. The highest BCUT2D eigenvalue weighted by Gasteiger charge is 2.22. The average molecular weight is 402 g/mol. The molecule has 1 aromatic carbocycles. The summed E-state index contributed by atoms with van der Waals surface area (Å²) >= 11 is 6.17. The first kappa shape index (κ1) is 20.8. The normalized spacial score (nSPS) is 17.6. The number of hydrogen-bond acceptors (Lipinski definition) is 4. The molecule has 2 aliphatic heterocycles. The van der Waals surface area contributed by atoms with E-state index in [4.69, 9.17) is 11.6 Å². The van der Waals surface area contributed by atoms with Crippen LogP contribution in [0.2, 0.25) is 5.02 Å². The van der Waals surface area contributed by atoms with Crippen LogP contribution in [-0.4, -0.2) is 69.2 Å². The Balaban J connectivity index is 0.00000243. The number of carbonyl (C=O) groups is 2. The Morgan fingerprint density at radius 1 is 1.19 bits per heavy atom. The molecule has 0 aliphatic carbocycles. The van der Waals surface area contributed by atoms with Crippen molar-refractivity contribution in [2.45, 2.75) is 6.42 Å². The molecular weight excluding hydrogens is 377 g/mol. The minimum absolute atomic E-state index is 0. The van der Waals surface area contributed by atoms with E-state index in [1.807, 2.05) is 0 Å². The lowest BCUT2D eigenvalue weighted by atomic mass is 10.1. The van der Waals surface area contributed by atoms with E-state index in [0.717, 1.165) is 39.1 Å². The van der Waals surface area contributed by atoms with E-state index >= 15 is 0 Å². The second-order valence-corrected chi connectivity index (χ2v) is 6.66. The van der Waals surface area contributed by atoms with Gasteiger partial charge in [-0.3, -0.25) is 9.69 Å². The van der Waals surface area contributed by atoms with E-state index in [9.17, 15) is 9.59 Å². The molecule has 144 valence electrons. The molecule has 1 aromatic rings. The summed E-state index contributed by atoms with van der Waals surface area (Å²) in [6.07, 6.45) is 0.900. The number of nitrogens with zero attached hydrogens (tertiary/aromatic N) is 2. The quantitative estimate of drug-likeness (QED) is 0.628. The van der Waals surface area contributed by atoms with Gasteiger partial charge in [0, 0.05) is 51.5 Å². The van der Waals surface area contributed by atoms with Gasteiger partial charge in [-0.25, -0.2) is 4.79 Å². The lowest BCUT2D eigenvalue weighted by Crippen LogP contribution is -2.44. The van der Waals surface area contributed by atoms with Crippen molar-refractivity contribution in [3.63, 3.8) is 0 Å². The molecule has 3 rings (SSSR count). The number of piperazine rings is 1. The van der Waals surface area contributed by atoms with Gasteiger partial charge in [-0.1, -0.05) is 11.6 Å². The maximum absolute atomic E-state index is 12.4. The molecule has 0 spiro atoms. The Morgan fingerprint density at radius 3 is 2.65 bits per heavy atom. The van der Waals surface area contributed by atoms with Gasteiger partial charge in [-0.15, -0.1) is 12.4 Å². The zero-order chi connectivity index (χ0) is 17.6. The van der Waals surface area contributed by atoms with E-state index in [1.165, 1.54) is 0 Å². The molecule has 2 aliphatic rings. The fourth-order valence-corrected chi connectivity index (χ4v) is 3.31. The van der Waals surface area contributed by atoms with E-state index in [2.05, 4.69) is 20.9 Å². The summed E-state index contributed by atoms with van der Waals surface area (Å²) in [5.41, 5.74) is 1.09. The zero-order valence-corrected chi connectivity index (χ0v) is 16.2. The van der Waals surface area contributed by atoms with Crippen LogP contribution in [-0.2, 0) is 0 Å². The van der Waals surface area contributed by atoms with Crippen LogP contribution in [0.4, 0.5) is 10.5 Å². The van der Waals surface area contributed by atoms with E-state index in [-0.39, 0.29) is 24.3 Å². The summed E-state index contributed by atoms with van der Waals surface area (Å²) in [4.78, 5) is 28.2. The van der Waals surface area contributed by atoms with Gasteiger partial charge in [-0.05, 0) is 31.2 Å². The highest BCUT2D eigenvalue weighted by Crippen LogP contribution is 2.24. The van der Waals surface area contributed by atoms with Crippen LogP contribution in [0.1, 0.15) is 16.8 Å². The number of urea groups is 1. The van der Waals surface area contributed by atoms with Crippen molar-refractivity contribution in [1.82, 2.24) is 20.9 Å². The summed E-state index contributed by atoms with van der Waals surface area (Å²) in [7, 11) is 0. The third-order valence-electron chi connectivity index (χ3n) is 4.51. The van der Waals surface area contributed by atoms with Crippen LogP contribution in [0.3, 0.4) is 0 Å². The third-order valence-corrected chi connectivity index (χ3v) is 4.84. The van der Waals surface area contributed by atoms with Crippen molar-refractivity contribution < 1.29 is 9.59 Å². The number of carbonyl (C=O) groups excluding carboxylic acids is 2. The highest BCUT2D eigenvalue weighted by molar-refractivity contribution is 6.34. The number of anilines is 1. The molecule has 0 unspecified atom stereocenters. The molecule has 26 heavy (non-hydrogen) atoms. The maximum Gasteiger partial charge on any atom is 0.321 e. The number of nitrogens with one attached hydrogen (secondary N) is 3. The molecule has 2 heterocycles. The van der Waals surface area contributed by atoms with Gasteiger partial charge in [0.15, 0.2) is 0 Å². The standard InChI is InChI=1S/C17H24ClN5O2.ClH/c18-15-3-2-13(23-11-7-21-17(23)25)12-14(15)16(24)20-4-1-8-22-9-5-19-6-10-22;/h2-3,12,19H,1,4-11H2,(H,20,24)(H,21,25);1H. The highest BCUT2D eigenvalue weighted by atomic mass is 35.5. The van der Waals surface area contributed by atoms with Gasteiger partial charge in [-0.2, -0.15) is 0 Å². The molecule has 2 saturated heterocycles. The Bertz CT molecular complexity index is 638. The Labute approximate surface area is 164 Å². The number of hydrogen-bond donors (Lipinski definition) is 3. The molecule has 3 amide bonds. The molecule has 0 saturated carbocycles. The molecular formula is C17H25Cl2N5O2. The van der Waals surface area contributed by atoms with E-state index < -0.39 is 0 Å². The number of benzene rings is 1. The summed E-state index contributed by atoms with van der Waals surface area (Å²) in [6, 6.07) is 4.95. The topological polar surface area (TPSA) is 76.7 Å². The Kier molecular flexibility index (Phi) is 7.96. The first-order valence-corrected chi connectivity index (χ1v) is 9.09. The van der Waals surface area contributed by atoms with Crippen LogP contribution in [0, 0.1) is 0 Å².